The van der Waals surface area contributed by atoms with E-state index in [9.17, 15) is 10.1 Å². The van der Waals surface area contributed by atoms with Crippen LogP contribution < -0.4 is 25.5 Å². The summed E-state index contributed by atoms with van der Waals surface area (Å²) in [5.41, 5.74) is 5.75. The zero-order valence-corrected chi connectivity index (χ0v) is 43.0. The minimum atomic E-state index is -2.11. The maximum Gasteiger partial charge on any atom is 0.280 e. The molecule has 0 aliphatic carbocycles. The molecule has 4 aromatic carbocycles. The minimum absolute atomic E-state index is 0.00243. The fourth-order valence-corrected chi connectivity index (χ4v) is 10.4. The van der Waals surface area contributed by atoms with E-state index in [4.69, 9.17) is 57.9 Å². The van der Waals surface area contributed by atoms with E-state index in [-0.39, 0.29) is 62.0 Å². The number of nitrogens with two attached hydrogens (primary N) is 1. The molecule has 2 aromatic heterocycles. The third-order valence-corrected chi connectivity index (χ3v) is 14.0. The van der Waals surface area contributed by atoms with Gasteiger partial charge in [0.25, 0.3) is 14.1 Å². The van der Waals surface area contributed by atoms with Crippen LogP contribution in [0.15, 0.2) is 120 Å². The largest absolute Gasteiger partial charge is 0.497 e. The molecule has 0 bridgehead atoms. The molecular weight excluding hydrogens is 972 g/mol. The van der Waals surface area contributed by atoms with Gasteiger partial charge in [-0.1, -0.05) is 72.8 Å². The summed E-state index contributed by atoms with van der Waals surface area (Å²) in [6.45, 7) is 6.93. The second-order valence-electron chi connectivity index (χ2n) is 17.4. The van der Waals surface area contributed by atoms with Crippen LogP contribution in [0.5, 0.6) is 17.2 Å². The van der Waals surface area contributed by atoms with Gasteiger partial charge in [-0.3, -0.25) is 19.1 Å². The Labute approximate surface area is 430 Å². The van der Waals surface area contributed by atoms with E-state index in [1.165, 1.54) is 10.9 Å². The van der Waals surface area contributed by atoms with Gasteiger partial charge in [-0.05, 0) is 80.8 Å². The van der Waals surface area contributed by atoms with Gasteiger partial charge in [-0.2, -0.15) is 15.5 Å². The number of benzene rings is 4. The molecular formula is C53H61N8O12P. The number of fused-ring (bicyclic) bond motifs is 1. The highest BCUT2D eigenvalue weighted by Crippen LogP contribution is 2.52. The average Bonchev–Trinajstić information content (AvgIpc) is 3.99. The van der Waals surface area contributed by atoms with Crippen LogP contribution in [-0.4, -0.2) is 114 Å². The number of nitrogens with one attached hydrogen (secondary N) is 1. The number of imidazole rings is 1. The van der Waals surface area contributed by atoms with Crippen molar-refractivity contribution in [3.05, 3.63) is 143 Å². The van der Waals surface area contributed by atoms with Crippen LogP contribution in [0.25, 0.3) is 11.2 Å². The lowest BCUT2D eigenvalue weighted by Gasteiger charge is -2.42. The fraction of sp³-hybridized carbons (Fsp3) is 0.396. The number of ketones is 1. The van der Waals surface area contributed by atoms with Crippen molar-refractivity contribution in [2.45, 2.75) is 88.9 Å². The normalized spacial score (nSPS) is 17.6. The highest BCUT2D eigenvalue weighted by atomic mass is 31.2. The van der Waals surface area contributed by atoms with Crippen molar-refractivity contribution in [3.8, 4) is 29.4 Å². The lowest BCUT2D eigenvalue weighted by atomic mass is 9.79. The molecule has 0 saturated carbocycles. The number of carbonyl (C=O) groups is 1. The van der Waals surface area contributed by atoms with Gasteiger partial charge in [-0.25, -0.2) is 9.65 Å². The number of nitrogen functional groups attached to an aromatic ring is 1. The van der Waals surface area contributed by atoms with Gasteiger partial charge in [0.05, 0.1) is 58.7 Å². The SMILES string of the molecule is COc1ccc(C(OC(C(=O)COc2ccccc2)[C@H]2O[C@@H](n3cnc4c(=O)[nH]c(N)nc43)[C@H](OCOCOCCC#N)[C@@H]2OP(OCCC#N)N(C(C)C)C(C)C)(c2ccccc2)c2ccc(OC)cc2)cc1. The van der Waals surface area contributed by atoms with Crippen LogP contribution in [0.1, 0.15) is 63.5 Å². The Bertz CT molecular complexity index is 2810. The lowest BCUT2D eigenvalue weighted by molar-refractivity contribution is -0.174. The van der Waals surface area contributed by atoms with Gasteiger partial charge in [0.15, 0.2) is 23.5 Å². The number of hydrogen-bond donors (Lipinski definition) is 2. The quantitative estimate of drug-likeness (QED) is 0.0208. The van der Waals surface area contributed by atoms with E-state index in [2.05, 4.69) is 21.0 Å². The van der Waals surface area contributed by atoms with Crippen molar-refractivity contribution >= 4 is 31.4 Å². The van der Waals surface area contributed by atoms with Crippen LogP contribution in [0.3, 0.4) is 0 Å². The summed E-state index contributed by atoms with van der Waals surface area (Å²) in [6, 6.07) is 36.9. The Hall–Kier alpha value is -6.81. The molecule has 3 heterocycles. The Morgan fingerprint density at radius 2 is 1.41 bits per heavy atom. The van der Waals surface area contributed by atoms with Gasteiger partial charge < -0.3 is 52.7 Å². The molecule has 21 heteroatoms. The van der Waals surface area contributed by atoms with Crippen molar-refractivity contribution in [2.24, 2.45) is 0 Å². The number of hydrogen-bond acceptors (Lipinski definition) is 18. The smallest absolute Gasteiger partial charge is 0.280 e. The van der Waals surface area contributed by atoms with Crippen LogP contribution in [-0.2, 0) is 43.1 Å². The van der Waals surface area contributed by atoms with E-state index in [1.807, 2.05) is 99.1 Å². The molecule has 6 atom stereocenters. The second-order valence-corrected chi connectivity index (χ2v) is 18.8. The first-order chi connectivity index (χ1) is 35.9. The number of Topliss-reactive ketones (excluding diaryl/α,β-unsaturated/α-hetero) is 1. The molecule has 3 N–H and O–H groups in total. The molecule has 0 amide bonds. The summed E-state index contributed by atoms with van der Waals surface area (Å²) in [7, 11) is 1.04. The number of rotatable bonds is 28. The van der Waals surface area contributed by atoms with Gasteiger partial charge in [0.1, 0.15) is 61.4 Å². The third kappa shape index (κ3) is 12.9. The molecule has 0 spiro atoms. The third-order valence-electron chi connectivity index (χ3n) is 11.9. The van der Waals surface area contributed by atoms with Crippen molar-refractivity contribution in [1.82, 2.24) is 24.2 Å². The van der Waals surface area contributed by atoms with Gasteiger partial charge >= 0.3 is 0 Å². The molecule has 1 aliphatic rings. The van der Waals surface area contributed by atoms with Crippen LogP contribution in [0, 0.1) is 22.7 Å². The zero-order chi connectivity index (χ0) is 52.6. The molecule has 6 aromatic rings. The number of carbonyl (C=O) groups excluding carboxylic acids is 1. The van der Waals surface area contributed by atoms with Crippen molar-refractivity contribution in [1.29, 1.82) is 10.5 Å². The number of H-pyrrole nitrogens is 1. The highest BCUT2D eigenvalue weighted by Gasteiger charge is 2.57. The minimum Gasteiger partial charge on any atom is -0.497 e. The standard InChI is InChI=1S/C53H61N8O12P/c1-35(2)61(36(3)4)74(70-30-14-28-55)73-47-46(71-51(48(47)69-34-67-33-66-29-13-27-54)60-32-57-44-49(60)58-52(56)59-50(44)63)45(43(62)31-68-42-17-11-8-12-18-42)72-53(37-15-9-7-10-16-37,38-19-23-40(64-5)24-20-38)39-21-25-41(65-6)26-22-39/h7-12,15-26,32,35-36,45-48,51H,13-14,29-31,33-34H2,1-6H3,(H3,56,58,59,63)/t45?,46-,47-,48-,51-,74?/m1/s1. The second kappa shape index (κ2) is 26.4. The Balaban J connectivity index is 1.48. The van der Waals surface area contributed by atoms with Crippen molar-refractivity contribution < 1.29 is 51.7 Å². The first-order valence-electron chi connectivity index (χ1n) is 23.9. The highest BCUT2D eigenvalue weighted by molar-refractivity contribution is 7.44. The number of anilines is 1. The summed E-state index contributed by atoms with van der Waals surface area (Å²) in [6.07, 6.45) is -5.34. The van der Waals surface area contributed by atoms with Crippen LogP contribution >= 0.6 is 8.53 Å². The summed E-state index contributed by atoms with van der Waals surface area (Å²) in [5, 5.41) is 18.8. The van der Waals surface area contributed by atoms with E-state index in [0.29, 0.717) is 33.9 Å². The molecule has 2 unspecified atom stereocenters. The van der Waals surface area contributed by atoms with Crippen molar-refractivity contribution in [3.63, 3.8) is 0 Å². The molecule has 0 radical (unpaired) electrons. The van der Waals surface area contributed by atoms with Gasteiger partial charge in [-0.15, -0.1) is 0 Å². The first-order valence-corrected chi connectivity index (χ1v) is 25.1. The predicted octanol–water partition coefficient (Wildman–Crippen LogP) is 7.55. The Morgan fingerprint density at radius 1 is 0.811 bits per heavy atom. The monoisotopic (exact) mass is 1030 g/mol. The van der Waals surface area contributed by atoms with E-state index in [1.54, 1.807) is 62.8 Å². The number of ether oxygens (including phenoxy) is 8. The number of aromatic nitrogens is 4. The molecule has 1 saturated heterocycles. The van der Waals surface area contributed by atoms with Gasteiger partial charge in [0, 0.05) is 12.1 Å². The topological polar surface area (TPSA) is 250 Å². The predicted molar refractivity (Wildman–Crippen MR) is 273 cm³/mol. The fourth-order valence-electron chi connectivity index (χ4n) is 8.64. The van der Waals surface area contributed by atoms with Gasteiger partial charge in [0.2, 0.25) is 11.7 Å². The van der Waals surface area contributed by atoms with Crippen LogP contribution in [0.4, 0.5) is 5.95 Å². The lowest BCUT2D eigenvalue weighted by Crippen LogP contribution is -2.52. The Kier molecular flexibility index (Phi) is 19.6. The van der Waals surface area contributed by atoms with E-state index in [0.717, 1.165) is 0 Å². The number of aromatic amines is 1. The summed E-state index contributed by atoms with van der Waals surface area (Å²) < 4.78 is 67.7. The van der Waals surface area contributed by atoms with E-state index < -0.39 is 69.5 Å². The Morgan fingerprint density at radius 3 is 2.00 bits per heavy atom. The molecule has 7 rings (SSSR count). The summed E-state index contributed by atoms with van der Waals surface area (Å²) in [5.74, 6) is 0.817. The van der Waals surface area contributed by atoms with Crippen molar-refractivity contribution in [2.75, 3.05) is 53.4 Å². The number of nitriles is 2. The maximum absolute atomic E-state index is 15.8. The molecule has 74 heavy (non-hydrogen) atoms. The maximum atomic E-state index is 15.8. The first kappa shape index (κ1) is 55.0. The van der Waals surface area contributed by atoms with Crippen LogP contribution in [0.2, 0.25) is 0 Å². The molecule has 1 aliphatic heterocycles. The molecule has 20 nitrogen and oxygen atoms in total. The summed E-state index contributed by atoms with van der Waals surface area (Å²) in [4.78, 5) is 40.4. The average molecular weight is 1030 g/mol. The number of para-hydroxylation sites is 1. The zero-order valence-electron chi connectivity index (χ0n) is 42.1. The number of nitrogens with zero attached hydrogens (tertiary/aromatic N) is 6. The molecule has 390 valence electrons. The number of methoxy groups -OCH3 is 2. The summed E-state index contributed by atoms with van der Waals surface area (Å²) >= 11 is 0. The van der Waals surface area contributed by atoms with E-state index >= 15 is 4.79 Å². The molecule has 1 fully saturated rings.